The average molecular weight is 338 g/mol. The Bertz CT molecular complexity index is 955. The second-order valence-corrected chi connectivity index (χ2v) is 6.07. The fourth-order valence-corrected chi connectivity index (χ4v) is 2.60. The molecule has 0 aliphatic rings. The van der Waals surface area contributed by atoms with Crippen molar-refractivity contribution in [2.75, 3.05) is 32.2 Å². The molecule has 8 heteroatoms. The van der Waals surface area contributed by atoms with Crippen molar-refractivity contribution in [3.8, 4) is 5.69 Å². The Kier molecular flexibility index (Phi) is 4.26. The molecule has 0 unspecified atom stereocenters. The largest absolute Gasteiger partial charge is 0.399 e. The molecule has 0 atom stereocenters. The molecule has 130 valence electrons. The second kappa shape index (κ2) is 6.39. The van der Waals surface area contributed by atoms with E-state index in [2.05, 4.69) is 25.4 Å². The van der Waals surface area contributed by atoms with Crippen LogP contribution in [0.1, 0.15) is 11.3 Å². The third-order valence-corrected chi connectivity index (χ3v) is 3.75. The Morgan fingerprint density at radius 3 is 2.64 bits per heavy atom. The number of aryl methyl sites for hydroxylation is 2. The average Bonchev–Trinajstić information content (AvgIpc) is 2.89. The monoisotopic (exact) mass is 338 g/mol. The molecule has 3 rings (SSSR count). The smallest absolute Gasteiger partial charge is 0.225 e. The molecular weight excluding hydrogens is 316 g/mol. The number of nitrogens with two attached hydrogens (primary N) is 1. The zero-order valence-electron chi connectivity index (χ0n) is 15.1. The van der Waals surface area contributed by atoms with Crippen molar-refractivity contribution in [1.82, 2.24) is 24.6 Å². The van der Waals surface area contributed by atoms with Crippen molar-refractivity contribution in [1.29, 1.82) is 0 Å². The maximum Gasteiger partial charge on any atom is 0.225 e. The fourth-order valence-electron chi connectivity index (χ4n) is 2.60. The Hall–Kier alpha value is -3.16. The van der Waals surface area contributed by atoms with Gasteiger partial charge >= 0.3 is 0 Å². The Balaban J connectivity index is 2.33. The van der Waals surface area contributed by atoms with Crippen LogP contribution >= 0.6 is 0 Å². The molecule has 3 N–H and O–H groups in total. The second-order valence-electron chi connectivity index (χ2n) is 6.07. The molecule has 0 saturated carbocycles. The predicted molar refractivity (Wildman–Crippen MR) is 102 cm³/mol. The van der Waals surface area contributed by atoms with E-state index < -0.39 is 0 Å². The van der Waals surface area contributed by atoms with Crippen LogP contribution in [-0.2, 0) is 0 Å². The molecular formula is C17H22N8. The van der Waals surface area contributed by atoms with Crippen LogP contribution in [0.5, 0.6) is 0 Å². The predicted octanol–water partition coefficient (Wildman–Crippen LogP) is 2.28. The highest BCUT2D eigenvalue weighted by Gasteiger charge is 2.18. The third kappa shape index (κ3) is 3.10. The van der Waals surface area contributed by atoms with Crippen LogP contribution in [0.25, 0.3) is 16.7 Å². The van der Waals surface area contributed by atoms with Crippen LogP contribution in [0.4, 0.5) is 17.5 Å². The van der Waals surface area contributed by atoms with E-state index in [1.807, 2.05) is 55.7 Å². The molecule has 1 aromatic carbocycles. The molecule has 25 heavy (non-hydrogen) atoms. The molecule has 2 aromatic heterocycles. The molecule has 0 amide bonds. The first kappa shape index (κ1) is 16.7. The van der Waals surface area contributed by atoms with Gasteiger partial charge in [-0.05, 0) is 37.6 Å². The lowest BCUT2D eigenvalue weighted by atomic mass is 10.2. The molecule has 3 aromatic rings. The van der Waals surface area contributed by atoms with Crippen molar-refractivity contribution in [2.24, 2.45) is 4.99 Å². The normalized spacial score (nSPS) is 11.4. The molecule has 0 saturated heterocycles. The van der Waals surface area contributed by atoms with E-state index in [-0.39, 0.29) is 0 Å². The molecule has 0 aliphatic heterocycles. The third-order valence-electron chi connectivity index (χ3n) is 3.75. The molecule has 0 spiro atoms. The number of rotatable bonds is 4. The molecule has 2 heterocycles. The van der Waals surface area contributed by atoms with Gasteiger partial charge in [-0.25, -0.2) is 14.7 Å². The van der Waals surface area contributed by atoms with Crippen molar-refractivity contribution in [2.45, 2.75) is 13.8 Å². The lowest BCUT2D eigenvalue weighted by molar-refractivity contribution is 0.643. The first-order valence-corrected chi connectivity index (χ1v) is 7.93. The van der Waals surface area contributed by atoms with Gasteiger partial charge in [-0.3, -0.25) is 0 Å². The minimum absolute atomic E-state index is 0.509. The molecule has 8 nitrogen and oxygen atoms in total. The minimum Gasteiger partial charge on any atom is -0.399 e. The Labute approximate surface area is 146 Å². The van der Waals surface area contributed by atoms with E-state index in [1.165, 1.54) is 0 Å². The highest BCUT2D eigenvalue weighted by Crippen LogP contribution is 2.30. The van der Waals surface area contributed by atoms with Gasteiger partial charge in [0.2, 0.25) is 5.95 Å². The number of nitrogen functional groups attached to an aromatic ring is 1. The number of nitrogens with zero attached hydrogens (tertiary/aromatic N) is 6. The number of benzene rings is 1. The van der Waals surface area contributed by atoms with Crippen molar-refractivity contribution in [3.05, 3.63) is 29.5 Å². The topological polar surface area (TPSA) is 97.3 Å². The van der Waals surface area contributed by atoms with Crippen molar-refractivity contribution >= 4 is 34.8 Å². The number of aliphatic imine (C=N–C) groups is 1. The number of aromatic nitrogens is 4. The summed E-state index contributed by atoms with van der Waals surface area (Å²) in [5.74, 6) is 1.06. The van der Waals surface area contributed by atoms with E-state index in [4.69, 9.17) is 5.73 Å². The van der Waals surface area contributed by atoms with Crippen molar-refractivity contribution in [3.63, 3.8) is 0 Å². The van der Waals surface area contributed by atoms with Crippen LogP contribution in [0, 0.1) is 13.8 Å². The summed E-state index contributed by atoms with van der Waals surface area (Å²) in [6, 6.07) is 5.72. The zero-order valence-corrected chi connectivity index (χ0v) is 15.1. The zero-order chi connectivity index (χ0) is 18.1. The van der Waals surface area contributed by atoms with Gasteiger partial charge in [0.15, 0.2) is 5.82 Å². The molecule has 0 radical (unpaired) electrons. The van der Waals surface area contributed by atoms with E-state index in [1.54, 1.807) is 13.4 Å². The first-order valence-electron chi connectivity index (χ1n) is 7.93. The molecule has 0 fully saturated rings. The van der Waals surface area contributed by atoms with Crippen LogP contribution in [0.15, 0.2) is 23.2 Å². The number of hydrogen-bond acceptors (Lipinski definition) is 6. The van der Waals surface area contributed by atoms with Gasteiger partial charge in [-0.1, -0.05) is 0 Å². The fraction of sp³-hybridized carbons (Fsp3) is 0.294. The Morgan fingerprint density at radius 1 is 1.24 bits per heavy atom. The van der Waals surface area contributed by atoms with E-state index in [0.717, 1.165) is 28.0 Å². The summed E-state index contributed by atoms with van der Waals surface area (Å²) in [4.78, 5) is 15.4. The summed E-state index contributed by atoms with van der Waals surface area (Å²) in [7, 11) is 5.60. The number of fused-ring (bicyclic) bond motifs is 1. The summed E-state index contributed by atoms with van der Waals surface area (Å²) in [5, 5.41) is 7.65. The van der Waals surface area contributed by atoms with Crippen LogP contribution in [-0.4, -0.2) is 52.1 Å². The highest BCUT2D eigenvalue weighted by atomic mass is 15.3. The van der Waals surface area contributed by atoms with E-state index >= 15 is 0 Å². The summed E-state index contributed by atoms with van der Waals surface area (Å²) in [5.41, 5.74) is 10.9. The lowest BCUT2D eigenvalue weighted by Crippen LogP contribution is -2.08. The number of nitrogens with one attached hydrogen (secondary N) is 1. The SMILES string of the molecule is CNc1nc(/N=C/N(C)C)c2c(n1)c(C)nn2-c1ccc(N)cc1C. The lowest BCUT2D eigenvalue weighted by Gasteiger charge is -2.10. The summed E-state index contributed by atoms with van der Waals surface area (Å²) in [6.07, 6.45) is 1.71. The van der Waals surface area contributed by atoms with Gasteiger partial charge in [0.25, 0.3) is 0 Å². The van der Waals surface area contributed by atoms with Gasteiger partial charge in [0.05, 0.1) is 17.7 Å². The van der Waals surface area contributed by atoms with E-state index in [0.29, 0.717) is 17.5 Å². The van der Waals surface area contributed by atoms with Gasteiger partial charge < -0.3 is 16.0 Å². The van der Waals surface area contributed by atoms with Gasteiger partial charge in [-0.15, -0.1) is 0 Å². The van der Waals surface area contributed by atoms with Gasteiger partial charge in [0, 0.05) is 26.8 Å². The highest BCUT2D eigenvalue weighted by molar-refractivity contribution is 5.90. The standard InChI is InChI=1S/C17H22N8/c1-10-8-12(18)6-7-13(10)25-15-14(11(2)23-25)21-17(19-3)22-16(15)20-9-24(4)5/h6-9H,18H2,1-5H3,(H,19,21,22)/b20-9+. The summed E-state index contributed by atoms with van der Waals surface area (Å²) < 4.78 is 1.83. The maximum absolute atomic E-state index is 5.88. The number of hydrogen-bond donors (Lipinski definition) is 2. The van der Waals surface area contributed by atoms with Crippen LogP contribution in [0.3, 0.4) is 0 Å². The first-order chi connectivity index (χ1) is 11.9. The quantitative estimate of drug-likeness (QED) is 0.430. The summed E-state index contributed by atoms with van der Waals surface area (Å²) >= 11 is 0. The van der Waals surface area contributed by atoms with Gasteiger partial charge in [0.1, 0.15) is 11.0 Å². The number of anilines is 2. The van der Waals surface area contributed by atoms with Crippen molar-refractivity contribution < 1.29 is 0 Å². The summed E-state index contributed by atoms with van der Waals surface area (Å²) in [6.45, 7) is 3.93. The molecule has 0 aliphatic carbocycles. The van der Waals surface area contributed by atoms with E-state index in [9.17, 15) is 0 Å². The minimum atomic E-state index is 0.509. The van der Waals surface area contributed by atoms with Crippen LogP contribution < -0.4 is 11.1 Å². The van der Waals surface area contributed by atoms with Gasteiger partial charge in [-0.2, -0.15) is 10.1 Å². The Morgan fingerprint density at radius 2 is 2.00 bits per heavy atom. The molecule has 0 bridgehead atoms. The maximum atomic E-state index is 5.88. The van der Waals surface area contributed by atoms with Crippen LogP contribution in [0.2, 0.25) is 0 Å².